The molecule has 2 aromatic rings. The van der Waals surface area contributed by atoms with Crippen molar-refractivity contribution < 1.29 is 0 Å². The third-order valence-corrected chi connectivity index (χ3v) is 2.74. The van der Waals surface area contributed by atoms with E-state index in [-0.39, 0.29) is 0 Å². The minimum absolute atomic E-state index is 0.498. The van der Waals surface area contributed by atoms with Crippen molar-refractivity contribution in [1.82, 2.24) is 9.97 Å². The van der Waals surface area contributed by atoms with Gasteiger partial charge in [-0.15, -0.1) is 0 Å². The monoisotopic (exact) mass is 266 g/mol. The first kappa shape index (κ1) is 9.55. The van der Waals surface area contributed by atoms with E-state index in [9.17, 15) is 0 Å². The Hall–Kier alpha value is -1.000. The third kappa shape index (κ3) is 1.91. The van der Waals surface area contributed by atoms with Crippen molar-refractivity contribution in [3.8, 4) is 11.3 Å². The van der Waals surface area contributed by atoms with Crippen LogP contribution in [0.2, 0.25) is 0 Å². The van der Waals surface area contributed by atoms with Gasteiger partial charge in [-0.05, 0) is 24.4 Å². The predicted octanol–water partition coefficient (Wildman–Crippen LogP) is 3.57. The molecule has 0 unspecified atom stereocenters. The summed E-state index contributed by atoms with van der Waals surface area (Å²) in [5.74, 6) is 0. The molecule has 0 aliphatic heterocycles. The standard InChI is InChI=1S/C10H7BrN2S/c11-8-4-2-1-3-7(8)9-5-6-12-10(14)13-9/h1-6H,(H,12,13,14). The Morgan fingerprint density at radius 3 is 2.71 bits per heavy atom. The van der Waals surface area contributed by atoms with Crippen LogP contribution in [0.15, 0.2) is 41.0 Å². The van der Waals surface area contributed by atoms with E-state index in [1.165, 1.54) is 0 Å². The number of hydrogen-bond donors (Lipinski definition) is 1. The van der Waals surface area contributed by atoms with Gasteiger partial charge in [-0.25, -0.2) is 4.98 Å². The van der Waals surface area contributed by atoms with Crippen LogP contribution in [0.1, 0.15) is 0 Å². The zero-order chi connectivity index (χ0) is 9.97. The average Bonchev–Trinajstić information content (AvgIpc) is 2.18. The number of aromatic nitrogens is 2. The first-order valence-electron chi connectivity index (χ1n) is 4.07. The van der Waals surface area contributed by atoms with Crippen LogP contribution < -0.4 is 0 Å². The van der Waals surface area contributed by atoms with Crippen molar-refractivity contribution in [2.45, 2.75) is 0 Å². The number of H-pyrrole nitrogens is 1. The average molecular weight is 267 g/mol. The number of benzene rings is 1. The molecule has 2 nitrogen and oxygen atoms in total. The third-order valence-electron chi connectivity index (χ3n) is 1.84. The summed E-state index contributed by atoms with van der Waals surface area (Å²) in [6.07, 6.45) is 1.70. The number of aromatic amines is 1. The van der Waals surface area contributed by atoms with E-state index < -0.39 is 0 Å². The van der Waals surface area contributed by atoms with Gasteiger partial charge in [0, 0.05) is 16.2 Å². The first-order valence-corrected chi connectivity index (χ1v) is 5.28. The van der Waals surface area contributed by atoms with E-state index in [1.807, 2.05) is 30.3 Å². The lowest BCUT2D eigenvalue weighted by Crippen LogP contribution is -1.86. The lowest BCUT2D eigenvalue weighted by molar-refractivity contribution is 1.14. The molecule has 0 saturated heterocycles. The van der Waals surface area contributed by atoms with E-state index in [0.29, 0.717) is 4.77 Å². The quantitative estimate of drug-likeness (QED) is 0.800. The summed E-state index contributed by atoms with van der Waals surface area (Å²) >= 11 is 8.44. The highest BCUT2D eigenvalue weighted by molar-refractivity contribution is 9.10. The van der Waals surface area contributed by atoms with Crippen LogP contribution in [-0.2, 0) is 0 Å². The van der Waals surface area contributed by atoms with Gasteiger partial charge in [0.05, 0.1) is 5.69 Å². The van der Waals surface area contributed by atoms with E-state index in [0.717, 1.165) is 15.7 Å². The fourth-order valence-corrected chi connectivity index (χ4v) is 1.87. The summed E-state index contributed by atoms with van der Waals surface area (Å²) in [4.78, 5) is 6.98. The Kier molecular flexibility index (Phi) is 2.74. The molecule has 0 aliphatic rings. The fourth-order valence-electron chi connectivity index (χ4n) is 1.21. The Morgan fingerprint density at radius 2 is 2.00 bits per heavy atom. The zero-order valence-corrected chi connectivity index (χ0v) is 9.60. The highest BCUT2D eigenvalue weighted by atomic mass is 79.9. The second kappa shape index (κ2) is 4.02. The van der Waals surface area contributed by atoms with Gasteiger partial charge in [0.25, 0.3) is 0 Å². The largest absolute Gasteiger partial charge is 0.330 e. The molecule has 0 saturated carbocycles. The highest BCUT2D eigenvalue weighted by Gasteiger charge is 2.01. The summed E-state index contributed by atoms with van der Waals surface area (Å²) in [5, 5.41) is 0. The smallest absolute Gasteiger partial charge is 0.197 e. The number of halogens is 1. The summed E-state index contributed by atoms with van der Waals surface area (Å²) in [7, 11) is 0. The molecule has 4 heteroatoms. The molecule has 1 heterocycles. The molecule has 0 amide bonds. The van der Waals surface area contributed by atoms with Crippen LogP contribution in [0.25, 0.3) is 11.3 Å². The topological polar surface area (TPSA) is 28.7 Å². The molecule has 0 radical (unpaired) electrons. The minimum atomic E-state index is 0.498. The molecule has 0 bridgehead atoms. The van der Waals surface area contributed by atoms with Gasteiger partial charge < -0.3 is 4.98 Å². The predicted molar refractivity (Wildman–Crippen MR) is 62.6 cm³/mol. The van der Waals surface area contributed by atoms with Crippen molar-refractivity contribution >= 4 is 28.1 Å². The molecule has 0 aliphatic carbocycles. The molecule has 0 fully saturated rings. The van der Waals surface area contributed by atoms with Gasteiger partial charge >= 0.3 is 0 Å². The molecule has 1 aromatic carbocycles. The number of nitrogens with one attached hydrogen (secondary N) is 1. The Bertz CT molecular complexity index is 507. The SMILES string of the molecule is S=c1nccc(-c2ccccc2Br)[nH]1. The minimum Gasteiger partial charge on any atom is -0.330 e. The summed E-state index contributed by atoms with van der Waals surface area (Å²) in [6.45, 7) is 0. The molecule has 70 valence electrons. The van der Waals surface area contributed by atoms with Gasteiger partial charge in [-0.3, -0.25) is 0 Å². The maximum absolute atomic E-state index is 4.96. The second-order valence-electron chi connectivity index (χ2n) is 2.77. The fraction of sp³-hybridized carbons (Fsp3) is 0. The van der Waals surface area contributed by atoms with E-state index in [4.69, 9.17) is 12.2 Å². The number of hydrogen-bond acceptors (Lipinski definition) is 2. The van der Waals surface area contributed by atoms with Crippen LogP contribution in [0.5, 0.6) is 0 Å². The van der Waals surface area contributed by atoms with E-state index in [2.05, 4.69) is 25.9 Å². The van der Waals surface area contributed by atoms with Crippen molar-refractivity contribution in [1.29, 1.82) is 0 Å². The van der Waals surface area contributed by atoms with Crippen LogP contribution in [0, 0.1) is 4.77 Å². The Morgan fingerprint density at radius 1 is 1.21 bits per heavy atom. The molecule has 0 atom stereocenters. The molecule has 14 heavy (non-hydrogen) atoms. The van der Waals surface area contributed by atoms with Crippen LogP contribution >= 0.6 is 28.1 Å². The zero-order valence-electron chi connectivity index (χ0n) is 7.20. The van der Waals surface area contributed by atoms with Crippen molar-refractivity contribution in [3.63, 3.8) is 0 Å². The van der Waals surface area contributed by atoms with Gasteiger partial charge in [-0.1, -0.05) is 34.1 Å². The number of rotatable bonds is 1. The lowest BCUT2D eigenvalue weighted by atomic mass is 10.1. The first-order chi connectivity index (χ1) is 6.77. The Balaban J connectivity index is 2.61. The van der Waals surface area contributed by atoms with Crippen molar-refractivity contribution in [2.24, 2.45) is 0 Å². The number of nitrogens with zero attached hydrogens (tertiary/aromatic N) is 1. The van der Waals surface area contributed by atoms with Gasteiger partial charge in [-0.2, -0.15) is 0 Å². The van der Waals surface area contributed by atoms with E-state index in [1.54, 1.807) is 6.20 Å². The molecular weight excluding hydrogens is 260 g/mol. The van der Waals surface area contributed by atoms with Gasteiger partial charge in [0.2, 0.25) is 0 Å². The maximum Gasteiger partial charge on any atom is 0.197 e. The summed E-state index contributed by atoms with van der Waals surface area (Å²) < 4.78 is 1.54. The molecule has 0 spiro atoms. The molecular formula is C10H7BrN2S. The second-order valence-corrected chi connectivity index (χ2v) is 4.01. The summed E-state index contributed by atoms with van der Waals surface area (Å²) in [5.41, 5.74) is 2.05. The Labute approximate surface area is 95.2 Å². The van der Waals surface area contributed by atoms with Crippen molar-refractivity contribution in [3.05, 3.63) is 45.8 Å². The highest BCUT2D eigenvalue weighted by Crippen LogP contribution is 2.25. The molecule has 1 aromatic heterocycles. The van der Waals surface area contributed by atoms with E-state index >= 15 is 0 Å². The lowest BCUT2D eigenvalue weighted by Gasteiger charge is -2.03. The van der Waals surface area contributed by atoms with Crippen LogP contribution in [0.3, 0.4) is 0 Å². The van der Waals surface area contributed by atoms with Gasteiger partial charge in [0.1, 0.15) is 0 Å². The summed E-state index contributed by atoms with van der Waals surface area (Å²) in [6, 6.07) is 9.87. The van der Waals surface area contributed by atoms with Gasteiger partial charge in [0.15, 0.2) is 4.77 Å². The van der Waals surface area contributed by atoms with Crippen molar-refractivity contribution in [2.75, 3.05) is 0 Å². The normalized spacial score (nSPS) is 10.1. The van der Waals surface area contributed by atoms with Crippen LogP contribution in [0.4, 0.5) is 0 Å². The molecule has 1 N–H and O–H groups in total. The van der Waals surface area contributed by atoms with Crippen LogP contribution in [-0.4, -0.2) is 9.97 Å². The maximum atomic E-state index is 4.96. The molecule has 2 rings (SSSR count).